The summed E-state index contributed by atoms with van der Waals surface area (Å²) in [5.74, 6) is 0. The Morgan fingerprint density at radius 3 is 2.58 bits per heavy atom. The van der Waals surface area contributed by atoms with Crippen LogP contribution in [-0.4, -0.2) is 12.3 Å². The van der Waals surface area contributed by atoms with Crippen molar-refractivity contribution >= 4 is 34.7 Å². The number of carbonyl (C=O) groups excluding carboxylic acids is 1. The van der Waals surface area contributed by atoms with Gasteiger partial charge in [0.1, 0.15) is 12.2 Å². The van der Waals surface area contributed by atoms with E-state index in [9.17, 15) is 9.59 Å². The quantitative estimate of drug-likeness (QED) is 0.342. The van der Waals surface area contributed by atoms with Crippen LogP contribution in [0.4, 0.5) is 16.2 Å². The third-order valence-corrected chi connectivity index (χ3v) is 4.67. The molecule has 0 saturated heterocycles. The maximum absolute atomic E-state index is 12.1. The number of anilines is 1. The molecular weight excluding hydrogens is 392 g/mol. The highest BCUT2D eigenvalue weighted by molar-refractivity contribution is 5.89. The van der Waals surface area contributed by atoms with Crippen molar-refractivity contribution in [3.8, 4) is 0 Å². The molecule has 0 fully saturated rings. The normalized spacial score (nSPS) is 11.0. The van der Waals surface area contributed by atoms with Gasteiger partial charge in [0.2, 0.25) is 0 Å². The number of aliphatic imine (C=N–C) groups is 1. The molecule has 0 aliphatic carbocycles. The van der Waals surface area contributed by atoms with Gasteiger partial charge in [-0.15, -0.1) is 0 Å². The predicted molar refractivity (Wildman–Crippen MR) is 121 cm³/mol. The molecule has 0 unspecified atom stereocenters. The lowest BCUT2D eigenvalue weighted by atomic mass is 10.1. The Labute approximate surface area is 178 Å². The van der Waals surface area contributed by atoms with E-state index in [4.69, 9.17) is 9.15 Å². The van der Waals surface area contributed by atoms with Gasteiger partial charge in [0.15, 0.2) is 0 Å². The number of hydrogen-bond donors (Lipinski definition) is 1. The summed E-state index contributed by atoms with van der Waals surface area (Å²) in [6, 6.07) is 23.8. The first-order chi connectivity index (χ1) is 15.1. The first kappa shape index (κ1) is 20.1. The van der Waals surface area contributed by atoms with Crippen molar-refractivity contribution in [2.24, 2.45) is 4.99 Å². The minimum absolute atomic E-state index is 0.121. The van der Waals surface area contributed by atoms with Crippen LogP contribution in [0.1, 0.15) is 16.7 Å². The number of hydrogen-bond acceptors (Lipinski definition) is 5. The molecule has 154 valence electrons. The zero-order valence-electron chi connectivity index (χ0n) is 16.9. The van der Waals surface area contributed by atoms with Crippen LogP contribution < -0.4 is 10.9 Å². The van der Waals surface area contributed by atoms with Crippen LogP contribution in [0, 0.1) is 6.92 Å². The molecule has 6 heteroatoms. The second-order valence-corrected chi connectivity index (χ2v) is 7.00. The molecule has 0 aliphatic heterocycles. The zero-order chi connectivity index (χ0) is 21.6. The van der Waals surface area contributed by atoms with Crippen LogP contribution in [0.2, 0.25) is 0 Å². The lowest BCUT2D eigenvalue weighted by Gasteiger charge is -2.08. The minimum Gasteiger partial charge on any atom is -0.444 e. The average molecular weight is 412 g/mol. The average Bonchev–Trinajstić information content (AvgIpc) is 2.77. The number of carbonyl (C=O) groups is 1. The number of rotatable bonds is 5. The molecule has 31 heavy (non-hydrogen) atoms. The summed E-state index contributed by atoms with van der Waals surface area (Å²) >= 11 is 0. The van der Waals surface area contributed by atoms with Crippen LogP contribution in [-0.2, 0) is 11.3 Å². The topological polar surface area (TPSA) is 80.9 Å². The van der Waals surface area contributed by atoms with Gasteiger partial charge in [-0.05, 0) is 47.9 Å². The van der Waals surface area contributed by atoms with Gasteiger partial charge in [-0.2, -0.15) is 0 Å². The Bertz CT molecular complexity index is 1290. The van der Waals surface area contributed by atoms with E-state index in [1.807, 2.05) is 61.5 Å². The van der Waals surface area contributed by atoms with E-state index < -0.39 is 11.7 Å². The number of nitrogens with one attached hydrogen (secondary N) is 1. The standard InChI is InChI=1S/C25H20N2O4/c1-17-13-24(28)31-23-14-21(11-12-22(17)23)27-25(29)30-16-19-7-9-20(10-8-19)26-15-18-5-3-2-4-6-18/h2-15H,16H2,1H3,(H,27,29). The highest BCUT2D eigenvalue weighted by Crippen LogP contribution is 2.21. The Balaban J connectivity index is 1.34. The van der Waals surface area contributed by atoms with Gasteiger partial charge in [0.25, 0.3) is 0 Å². The molecule has 0 spiro atoms. The van der Waals surface area contributed by atoms with E-state index >= 15 is 0 Å². The smallest absolute Gasteiger partial charge is 0.411 e. The van der Waals surface area contributed by atoms with E-state index in [1.54, 1.807) is 24.4 Å². The Morgan fingerprint density at radius 2 is 1.81 bits per heavy atom. The van der Waals surface area contributed by atoms with Crippen molar-refractivity contribution in [1.82, 2.24) is 0 Å². The van der Waals surface area contributed by atoms with Crippen molar-refractivity contribution in [3.63, 3.8) is 0 Å². The van der Waals surface area contributed by atoms with Crippen LogP contribution >= 0.6 is 0 Å². The van der Waals surface area contributed by atoms with Gasteiger partial charge < -0.3 is 9.15 Å². The fraction of sp³-hybridized carbons (Fsp3) is 0.0800. The van der Waals surface area contributed by atoms with Crippen LogP contribution in [0.15, 0.2) is 93.1 Å². The van der Waals surface area contributed by atoms with E-state index in [2.05, 4.69) is 10.3 Å². The molecule has 0 aliphatic rings. The maximum Gasteiger partial charge on any atom is 0.411 e. The lowest BCUT2D eigenvalue weighted by Crippen LogP contribution is -2.13. The molecule has 0 bridgehead atoms. The van der Waals surface area contributed by atoms with Crippen LogP contribution in [0.3, 0.4) is 0 Å². The van der Waals surface area contributed by atoms with Crippen molar-refractivity contribution in [2.75, 3.05) is 5.32 Å². The third kappa shape index (κ3) is 5.25. The van der Waals surface area contributed by atoms with E-state index in [-0.39, 0.29) is 6.61 Å². The molecule has 0 atom stereocenters. The first-order valence-electron chi connectivity index (χ1n) is 9.73. The second-order valence-electron chi connectivity index (χ2n) is 7.00. The van der Waals surface area contributed by atoms with E-state index in [0.29, 0.717) is 11.3 Å². The van der Waals surface area contributed by atoms with Crippen molar-refractivity contribution in [2.45, 2.75) is 13.5 Å². The largest absolute Gasteiger partial charge is 0.444 e. The highest BCUT2D eigenvalue weighted by atomic mass is 16.5. The van der Waals surface area contributed by atoms with Gasteiger partial charge in [-0.25, -0.2) is 9.59 Å². The first-order valence-corrected chi connectivity index (χ1v) is 9.73. The molecule has 1 aromatic heterocycles. The van der Waals surface area contributed by atoms with Gasteiger partial charge in [0.05, 0.1) is 5.69 Å². The van der Waals surface area contributed by atoms with Crippen LogP contribution in [0.5, 0.6) is 0 Å². The summed E-state index contributed by atoms with van der Waals surface area (Å²) in [6.07, 6.45) is 1.20. The SMILES string of the molecule is Cc1cc(=O)oc2cc(NC(=O)OCc3ccc(N=Cc4ccccc4)cc3)ccc12. The number of benzene rings is 3. The Kier molecular flexibility index (Phi) is 5.89. The van der Waals surface area contributed by atoms with Gasteiger partial charge in [-0.3, -0.25) is 10.3 Å². The summed E-state index contributed by atoms with van der Waals surface area (Å²) in [4.78, 5) is 28.1. The molecule has 0 saturated carbocycles. The zero-order valence-corrected chi connectivity index (χ0v) is 16.9. The van der Waals surface area contributed by atoms with Gasteiger partial charge in [-0.1, -0.05) is 42.5 Å². The number of amides is 1. The lowest BCUT2D eigenvalue weighted by molar-refractivity contribution is 0.155. The van der Waals surface area contributed by atoms with Crippen molar-refractivity contribution in [1.29, 1.82) is 0 Å². The maximum atomic E-state index is 12.1. The second kappa shape index (κ2) is 9.09. The molecule has 1 N–H and O–H groups in total. The molecule has 4 aromatic rings. The molecular formula is C25H20N2O4. The fourth-order valence-corrected chi connectivity index (χ4v) is 3.07. The Hall–Kier alpha value is -4.19. The number of aryl methyl sites for hydroxylation is 1. The summed E-state index contributed by atoms with van der Waals surface area (Å²) in [5.41, 5.74) is 3.96. The predicted octanol–water partition coefficient (Wildman–Crippen LogP) is 5.60. The highest BCUT2D eigenvalue weighted by Gasteiger charge is 2.07. The molecule has 1 amide bonds. The number of nitrogens with zero attached hydrogens (tertiary/aromatic N) is 1. The van der Waals surface area contributed by atoms with Gasteiger partial charge >= 0.3 is 11.7 Å². The summed E-state index contributed by atoms with van der Waals surface area (Å²) in [7, 11) is 0. The summed E-state index contributed by atoms with van der Waals surface area (Å²) in [5, 5.41) is 3.46. The summed E-state index contributed by atoms with van der Waals surface area (Å²) in [6.45, 7) is 1.95. The van der Waals surface area contributed by atoms with E-state index in [0.717, 1.165) is 27.8 Å². The summed E-state index contributed by atoms with van der Waals surface area (Å²) < 4.78 is 10.5. The minimum atomic E-state index is -0.597. The fourth-order valence-electron chi connectivity index (χ4n) is 3.07. The number of fused-ring (bicyclic) bond motifs is 1. The Morgan fingerprint density at radius 1 is 1.03 bits per heavy atom. The molecule has 1 heterocycles. The van der Waals surface area contributed by atoms with Crippen molar-refractivity contribution in [3.05, 3.63) is 106 Å². The van der Waals surface area contributed by atoms with Crippen LogP contribution in [0.25, 0.3) is 11.0 Å². The molecule has 3 aromatic carbocycles. The number of ether oxygens (including phenoxy) is 1. The van der Waals surface area contributed by atoms with Crippen molar-refractivity contribution < 1.29 is 13.9 Å². The monoisotopic (exact) mass is 412 g/mol. The molecule has 4 rings (SSSR count). The van der Waals surface area contributed by atoms with E-state index in [1.165, 1.54) is 6.07 Å². The third-order valence-electron chi connectivity index (χ3n) is 4.67. The van der Waals surface area contributed by atoms with Gasteiger partial charge in [0, 0.05) is 29.4 Å². The molecule has 0 radical (unpaired) electrons. The molecule has 6 nitrogen and oxygen atoms in total.